The average molecular weight is 304 g/mol. The van der Waals surface area contributed by atoms with Crippen molar-refractivity contribution in [2.75, 3.05) is 26.2 Å². The fraction of sp³-hybridized carbons (Fsp3) is 0.765. The Bertz CT molecular complexity index is 505. The molecule has 0 spiro atoms. The summed E-state index contributed by atoms with van der Waals surface area (Å²) in [6, 6.07) is 0.665. The minimum absolute atomic E-state index is 0.143. The van der Waals surface area contributed by atoms with Crippen LogP contribution in [-0.4, -0.2) is 57.5 Å². The molecule has 1 atom stereocenters. The maximum absolute atomic E-state index is 12.7. The summed E-state index contributed by atoms with van der Waals surface area (Å²) in [5.41, 5.74) is 1.58. The van der Waals surface area contributed by atoms with Crippen LogP contribution in [0, 0.1) is 12.8 Å². The van der Waals surface area contributed by atoms with Gasteiger partial charge in [0.15, 0.2) is 0 Å². The number of amides is 1. The second-order valence-electron chi connectivity index (χ2n) is 6.90. The number of aryl methyl sites for hydroxylation is 2. The van der Waals surface area contributed by atoms with Crippen LogP contribution in [0.4, 0.5) is 0 Å². The minimum Gasteiger partial charge on any atom is -0.337 e. The Morgan fingerprint density at radius 2 is 1.86 bits per heavy atom. The number of aromatic nitrogens is 2. The van der Waals surface area contributed by atoms with E-state index < -0.39 is 0 Å². The molecule has 2 saturated heterocycles. The molecule has 0 bridgehead atoms. The number of hydrogen-bond acceptors (Lipinski definition) is 3. The number of carbonyl (C=O) groups is 1. The van der Waals surface area contributed by atoms with Gasteiger partial charge in [-0.2, -0.15) is 0 Å². The van der Waals surface area contributed by atoms with Gasteiger partial charge in [0.05, 0.1) is 12.0 Å². The van der Waals surface area contributed by atoms with Gasteiger partial charge in [-0.15, -0.1) is 0 Å². The third-order valence-corrected chi connectivity index (χ3v) is 5.55. The first-order valence-electron chi connectivity index (χ1n) is 8.59. The van der Waals surface area contributed by atoms with Gasteiger partial charge in [-0.05, 0) is 58.5 Å². The number of carbonyl (C=O) groups excluding carboxylic acids is 1. The van der Waals surface area contributed by atoms with Crippen molar-refractivity contribution < 1.29 is 4.79 Å². The normalized spacial score (nSPS) is 22.2. The van der Waals surface area contributed by atoms with Gasteiger partial charge in [0.2, 0.25) is 0 Å². The topological polar surface area (TPSA) is 41.4 Å². The van der Waals surface area contributed by atoms with E-state index in [4.69, 9.17) is 0 Å². The molecule has 1 aromatic rings. The van der Waals surface area contributed by atoms with Crippen LogP contribution in [0.2, 0.25) is 0 Å². The zero-order valence-corrected chi connectivity index (χ0v) is 14.1. The Morgan fingerprint density at radius 1 is 1.23 bits per heavy atom. The van der Waals surface area contributed by atoms with Crippen LogP contribution < -0.4 is 0 Å². The highest BCUT2D eigenvalue weighted by Gasteiger charge is 2.31. The number of piperidine rings is 1. The summed E-state index contributed by atoms with van der Waals surface area (Å²) in [6.45, 7) is 8.57. The van der Waals surface area contributed by atoms with E-state index in [1.165, 1.54) is 25.9 Å². The Kier molecular flexibility index (Phi) is 4.52. The summed E-state index contributed by atoms with van der Waals surface area (Å²) in [5.74, 6) is 0.875. The van der Waals surface area contributed by atoms with Crippen molar-refractivity contribution in [1.82, 2.24) is 19.4 Å². The lowest BCUT2D eigenvalue weighted by Gasteiger charge is -2.38. The van der Waals surface area contributed by atoms with Gasteiger partial charge in [0.25, 0.3) is 5.91 Å². The van der Waals surface area contributed by atoms with Crippen molar-refractivity contribution in [2.45, 2.75) is 45.6 Å². The maximum Gasteiger partial charge on any atom is 0.272 e. The van der Waals surface area contributed by atoms with Crippen molar-refractivity contribution >= 4 is 5.91 Å². The molecule has 2 aliphatic heterocycles. The van der Waals surface area contributed by atoms with Crippen LogP contribution in [0.25, 0.3) is 0 Å². The Balaban J connectivity index is 1.58. The van der Waals surface area contributed by atoms with E-state index in [2.05, 4.69) is 16.8 Å². The lowest BCUT2D eigenvalue weighted by Crippen LogP contribution is -2.45. The van der Waals surface area contributed by atoms with E-state index in [1.54, 1.807) is 6.33 Å². The second kappa shape index (κ2) is 6.41. The zero-order chi connectivity index (χ0) is 15.7. The molecule has 2 aliphatic rings. The van der Waals surface area contributed by atoms with Gasteiger partial charge in [-0.1, -0.05) is 0 Å². The highest BCUT2D eigenvalue weighted by Crippen LogP contribution is 2.27. The molecule has 1 aromatic heterocycles. The van der Waals surface area contributed by atoms with Crippen LogP contribution >= 0.6 is 0 Å². The highest BCUT2D eigenvalue weighted by atomic mass is 16.2. The molecule has 0 aliphatic carbocycles. The third-order valence-electron chi connectivity index (χ3n) is 5.55. The molecule has 3 rings (SSSR count). The van der Waals surface area contributed by atoms with Crippen molar-refractivity contribution in [3.63, 3.8) is 0 Å². The Labute approximate surface area is 133 Å². The quantitative estimate of drug-likeness (QED) is 0.858. The van der Waals surface area contributed by atoms with Crippen LogP contribution in [0.1, 0.15) is 48.8 Å². The zero-order valence-electron chi connectivity index (χ0n) is 14.1. The first-order chi connectivity index (χ1) is 10.6. The van der Waals surface area contributed by atoms with E-state index in [0.29, 0.717) is 6.04 Å². The number of likely N-dealkylation sites (tertiary alicyclic amines) is 2. The average Bonchev–Trinajstić information content (AvgIpc) is 3.17. The number of nitrogens with zero attached hydrogens (tertiary/aromatic N) is 4. The van der Waals surface area contributed by atoms with Crippen molar-refractivity contribution in [1.29, 1.82) is 0 Å². The molecule has 0 aromatic carbocycles. The van der Waals surface area contributed by atoms with E-state index in [0.717, 1.165) is 43.2 Å². The summed E-state index contributed by atoms with van der Waals surface area (Å²) < 4.78 is 1.84. The van der Waals surface area contributed by atoms with Crippen LogP contribution in [0.3, 0.4) is 0 Å². The van der Waals surface area contributed by atoms with Crippen LogP contribution in [0.5, 0.6) is 0 Å². The fourth-order valence-corrected chi connectivity index (χ4v) is 4.03. The second-order valence-corrected chi connectivity index (χ2v) is 6.90. The van der Waals surface area contributed by atoms with E-state index in [1.807, 2.05) is 23.4 Å². The summed E-state index contributed by atoms with van der Waals surface area (Å²) in [5, 5.41) is 0. The van der Waals surface area contributed by atoms with Gasteiger partial charge in [-0.3, -0.25) is 4.79 Å². The summed E-state index contributed by atoms with van der Waals surface area (Å²) in [6.07, 6.45) is 6.67. The molecule has 2 fully saturated rings. The molecule has 0 saturated carbocycles. The first-order valence-corrected chi connectivity index (χ1v) is 8.59. The summed E-state index contributed by atoms with van der Waals surface area (Å²) in [7, 11) is 1.90. The summed E-state index contributed by atoms with van der Waals surface area (Å²) in [4.78, 5) is 21.6. The molecule has 1 amide bonds. The van der Waals surface area contributed by atoms with Gasteiger partial charge in [0, 0.05) is 26.2 Å². The predicted molar refractivity (Wildman–Crippen MR) is 86.8 cm³/mol. The monoisotopic (exact) mass is 304 g/mol. The standard InChI is InChI=1S/C17H28N4O/c1-13-16(19(3)12-18-13)17(22)21-10-6-15(7-11-21)14(2)20-8-4-5-9-20/h12,14-15H,4-11H2,1-3H3/t14-/m1/s1. The molecular weight excluding hydrogens is 276 g/mol. The molecule has 122 valence electrons. The van der Waals surface area contributed by atoms with Crippen molar-refractivity contribution in [3.8, 4) is 0 Å². The first kappa shape index (κ1) is 15.5. The molecule has 22 heavy (non-hydrogen) atoms. The van der Waals surface area contributed by atoms with Gasteiger partial charge in [0.1, 0.15) is 5.69 Å². The number of hydrogen-bond donors (Lipinski definition) is 0. The molecular formula is C17H28N4O. The summed E-state index contributed by atoms with van der Waals surface area (Å²) >= 11 is 0. The maximum atomic E-state index is 12.7. The largest absolute Gasteiger partial charge is 0.337 e. The fourth-order valence-electron chi connectivity index (χ4n) is 4.03. The third kappa shape index (κ3) is 2.91. The lowest BCUT2D eigenvalue weighted by molar-refractivity contribution is 0.0614. The Morgan fingerprint density at radius 3 is 2.41 bits per heavy atom. The van der Waals surface area contributed by atoms with Crippen LogP contribution in [0.15, 0.2) is 6.33 Å². The molecule has 0 radical (unpaired) electrons. The Hall–Kier alpha value is -1.36. The molecule has 0 unspecified atom stereocenters. The molecule has 0 N–H and O–H groups in total. The lowest BCUT2D eigenvalue weighted by atomic mass is 9.89. The number of rotatable bonds is 3. The van der Waals surface area contributed by atoms with Crippen molar-refractivity contribution in [2.24, 2.45) is 13.0 Å². The molecule has 5 heteroatoms. The SMILES string of the molecule is Cc1ncn(C)c1C(=O)N1CCC([C@@H](C)N2CCCC2)CC1. The van der Waals surface area contributed by atoms with E-state index in [-0.39, 0.29) is 5.91 Å². The predicted octanol–water partition coefficient (Wildman–Crippen LogP) is 2.07. The van der Waals surface area contributed by atoms with Gasteiger partial charge >= 0.3 is 0 Å². The van der Waals surface area contributed by atoms with Gasteiger partial charge in [-0.25, -0.2) is 4.98 Å². The molecule has 3 heterocycles. The van der Waals surface area contributed by atoms with Gasteiger partial charge < -0.3 is 14.4 Å². The van der Waals surface area contributed by atoms with E-state index >= 15 is 0 Å². The minimum atomic E-state index is 0.143. The molecule has 5 nitrogen and oxygen atoms in total. The van der Waals surface area contributed by atoms with Crippen LogP contribution in [-0.2, 0) is 7.05 Å². The van der Waals surface area contributed by atoms with Crippen molar-refractivity contribution in [3.05, 3.63) is 17.7 Å². The highest BCUT2D eigenvalue weighted by molar-refractivity contribution is 5.93. The number of imidazole rings is 1. The van der Waals surface area contributed by atoms with E-state index in [9.17, 15) is 4.79 Å². The smallest absolute Gasteiger partial charge is 0.272 e.